The third-order valence-electron chi connectivity index (χ3n) is 7.68. The van der Waals surface area contributed by atoms with Crippen LogP contribution in [0.25, 0.3) is 5.57 Å². The van der Waals surface area contributed by atoms with Crippen molar-refractivity contribution in [1.82, 2.24) is 20.8 Å². The fourth-order valence-corrected chi connectivity index (χ4v) is 5.54. The summed E-state index contributed by atoms with van der Waals surface area (Å²) in [6.45, 7) is 5.74. The fraction of sp³-hybridized carbons (Fsp3) is 0.257. The van der Waals surface area contributed by atoms with E-state index >= 15 is 0 Å². The molecule has 1 aromatic heterocycles. The Morgan fingerprint density at radius 2 is 1.61 bits per heavy atom. The minimum Gasteiger partial charge on any atom is -0.421 e. The van der Waals surface area contributed by atoms with Crippen molar-refractivity contribution in [3.05, 3.63) is 135 Å². The number of dihydropyridines is 1. The summed E-state index contributed by atoms with van der Waals surface area (Å²) in [4.78, 5) is 26.1. The zero-order chi connectivity index (χ0) is 33.0. The molecule has 2 amide bonds. The summed E-state index contributed by atoms with van der Waals surface area (Å²) in [5, 5.41) is 14.5. The number of benzene rings is 3. The quantitative estimate of drug-likeness (QED) is 0.181. The summed E-state index contributed by atoms with van der Waals surface area (Å²) in [5.41, 5.74) is 10.7. The largest absolute Gasteiger partial charge is 0.421 e. The highest BCUT2D eigenvalue weighted by molar-refractivity contribution is 5.99. The summed E-state index contributed by atoms with van der Waals surface area (Å²) in [7, 11) is 0. The molecule has 4 aromatic rings. The number of nitrogens with two attached hydrogens (primary N) is 1. The van der Waals surface area contributed by atoms with E-state index in [1.54, 1.807) is 43.3 Å². The molecule has 4 N–H and O–H groups in total. The highest BCUT2D eigenvalue weighted by atomic mass is 19.2. The van der Waals surface area contributed by atoms with E-state index in [1.165, 1.54) is 18.2 Å². The first-order valence-electron chi connectivity index (χ1n) is 14.9. The van der Waals surface area contributed by atoms with Gasteiger partial charge in [-0.1, -0.05) is 44.2 Å². The summed E-state index contributed by atoms with van der Waals surface area (Å²) < 4.78 is 46.4. The molecule has 1 aliphatic heterocycles. The SMILES string of the molecule is Cc1nnc(C2=C(CCc3ccc(F)cc3)NC(CC(C)C)=C(C(N)=O)C2c2ccc(C(=O)NCc3ccc(F)c(F)c3)cc2)o1. The lowest BCUT2D eigenvalue weighted by molar-refractivity contribution is -0.114. The number of amides is 2. The second kappa shape index (κ2) is 13.8. The molecule has 0 bridgehead atoms. The van der Waals surface area contributed by atoms with Gasteiger partial charge in [0.2, 0.25) is 17.7 Å². The van der Waals surface area contributed by atoms with Crippen molar-refractivity contribution in [2.45, 2.75) is 52.5 Å². The lowest BCUT2D eigenvalue weighted by atomic mass is 9.77. The highest BCUT2D eigenvalue weighted by Gasteiger charge is 2.37. The van der Waals surface area contributed by atoms with Crippen molar-refractivity contribution >= 4 is 17.4 Å². The van der Waals surface area contributed by atoms with E-state index in [2.05, 4.69) is 20.8 Å². The smallest absolute Gasteiger partial charge is 0.251 e. The number of primary amides is 1. The van der Waals surface area contributed by atoms with Crippen molar-refractivity contribution in [3.63, 3.8) is 0 Å². The summed E-state index contributed by atoms with van der Waals surface area (Å²) in [6.07, 6.45) is 1.58. The number of carbonyl (C=O) groups is 2. The monoisotopic (exact) mass is 629 g/mol. The number of carbonyl (C=O) groups excluding carboxylic acids is 2. The third kappa shape index (κ3) is 7.36. The standard InChI is InChI=1S/C35H34F3N5O3/c1-19(2)16-29-31(33(39)44)30(23-8-10-24(11-9-23)34(45)40-18-22-6-14-26(37)27(38)17-22)32(35-43-42-20(3)46-35)28(41-29)15-7-21-4-12-25(36)13-5-21/h4-6,8-14,17,19,30,41H,7,15-16,18H2,1-3H3,(H2,39,44)(H,40,45). The molecule has 0 radical (unpaired) electrons. The molecule has 0 fully saturated rings. The third-order valence-corrected chi connectivity index (χ3v) is 7.68. The van der Waals surface area contributed by atoms with Crippen LogP contribution in [0.15, 0.2) is 88.1 Å². The van der Waals surface area contributed by atoms with E-state index in [4.69, 9.17) is 10.2 Å². The molecule has 0 spiro atoms. The minimum atomic E-state index is -0.995. The normalized spacial score (nSPS) is 14.9. The van der Waals surface area contributed by atoms with Gasteiger partial charge in [0.05, 0.1) is 0 Å². The molecule has 0 saturated heterocycles. The first-order valence-corrected chi connectivity index (χ1v) is 14.9. The maximum Gasteiger partial charge on any atom is 0.251 e. The van der Waals surface area contributed by atoms with Crippen LogP contribution in [0.4, 0.5) is 13.2 Å². The Morgan fingerprint density at radius 3 is 2.22 bits per heavy atom. The molecule has 238 valence electrons. The van der Waals surface area contributed by atoms with Crippen molar-refractivity contribution in [3.8, 4) is 0 Å². The number of hydrogen-bond donors (Lipinski definition) is 3. The number of halogens is 3. The molecule has 0 aliphatic carbocycles. The minimum absolute atomic E-state index is 0.0000180. The Morgan fingerprint density at radius 1 is 0.913 bits per heavy atom. The van der Waals surface area contributed by atoms with Gasteiger partial charge >= 0.3 is 0 Å². The van der Waals surface area contributed by atoms with Crippen LogP contribution in [-0.2, 0) is 17.8 Å². The molecule has 11 heteroatoms. The van der Waals surface area contributed by atoms with Crippen molar-refractivity contribution in [2.75, 3.05) is 0 Å². The summed E-state index contributed by atoms with van der Waals surface area (Å²) >= 11 is 0. The molecule has 0 saturated carbocycles. The molecule has 1 atom stereocenters. The van der Waals surface area contributed by atoms with E-state index in [9.17, 15) is 22.8 Å². The predicted octanol–water partition coefficient (Wildman–Crippen LogP) is 6.24. The van der Waals surface area contributed by atoms with Gasteiger partial charge in [0.25, 0.3) is 5.91 Å². The van der Waals surface area contributed by atoms with Crippen LogP contribution < -0.4 is 16.4 Å². The first kappa shape index (κ1) is 32.2. The van der Waals surface area contributed by atoms with Crippen LogP contribution in [0, 0.1) is 30.3 Å². The molecule has 8 nitrogen and oxygen atoms in total. The highest BCUT2D eigenvalue weighted by Crippen LogP contribution is 2.45. The van der Waals surface area contributed by atoms with Crippen LogP contribution in [0.3, 0.4) is 0 Å². The van der Waals surface area contributed by atoms with Crippen LogP contribution in [0.2, 0.25) is 0 Å². The molecule has 46 heavy (non-hydrogen) atoms. The Kier molecular flexibility index (Phi) is 9.69. The van der Waals surface area contributed by atoms with Crippen LogP contribution >= 0.6 is 0 Å². The average molecular weight is 630 g/mol. The number of nitrogens with one attached hydrogen (secondary N) is 2. The predicted molar refractivity (Wildman–Crippen MR) is 166 cm³/mol. The topological polar surface area (TPSA) is 123 Å². The Labute approximate surface area is 264 Å². The van der Waals surface area contributed by atoms with Gasteiger partial charge in [0.1, 0.15) is 5.82 Å². The summed E-state index contributed by atoms with van der Waals surface area (Å²) in [5.74, 6) is -3.28. The van der Waals surface area contributed by atoms with Gasteiger partial charge in [-0.25, -0.2) is 13.2 Å². The van der Waals surface area contributed by atoms with Crippen LogP contribution in [0.1, 0.15) is 71.4 Å². The van der Waals surface area contributed by atoms with Gasteiger partial charge in [-0.15, -0.1) is 10.2 Å². The van der Waals surface area contributed by atoms with Gasteiger partial charge in [-0.3, -0.25) is 9.59 Å². The maximum atomic E-state index is 13.6. The number of rotatable bonds is 11. The number of nitrogens with zero attached hydrogens (tertiary/aromatic N) is 2. The van der Waals surface area contributed by atoms with Crippen LogP contribution in [-0.4, -0.2) is 22.0 Å². The molecule has 1 unspecified atom stereocenters. The van der Waals surface area contributed by atoms with Gasteiger partial charge in [-0.2, -0.15) is 0 Å². The molecule has 3 aromatic carbocycles. The van der Waals surface area contributed by atoms with Gasteiger partial charge in [-0.05, 0) is 78.3 Å². The maximum absolute atomic E-state index is 13.6. The van der Waals surface area contributed by atoms with Gasteiger partial charge < -0.3 is 20.8 Å². The Hall–Kier alpha value is -5.19. The molecular formula is C35H34F3N5O3. The number of allylic oxidation sites excluding steroid dienone is 3. The average Bonchev–Trinajstić information content (AvgIpc) is 3.46. The first-order chi connectivity index (χ1) is 22.0. The van der Waals surface area contributed by atoms with E-state index in [0.29, 0.717) is 58.7 Å². The zero-order valence-electron chi connectivity index (χ0n) is 25.7. The second-order valence-corrected chi connectivity index (χ2v) is 11.6. The van der Waals surface area contributed by atoms with Crippen LogP contribution in [0.5, 0.6) is 0 Å². The fourth-order valence-electron chi connectivity index (χ4n) is 5.54. The molecule has 5 rings (SSSR count). The molecular weight excluding hydrogens is 595 g/mol. The molecule has 2 heterocycles. The Bertz CT molecular complexity index is 1810. The van der Waals surface area contributed by atoms with E-state index in [1.807, 2.05) is 13.8 Å². The van der Waals surface area contributed by atoms with E-state index in [-0.39, 0.29) is 24.2 Å². The Balaban J connectivity index is 1.52. The zero-order valence-corrected chi connectivity index (χ0v) is 25.7. The van der Waals surface area contributed by atoms with E-state index in [0.717, 1.165) is 23.4 Å². The lowest BCUT2D eigenvalue weighted by Crippen LogP contribution is -2.33. The van der Waals surface area contributed by atoms with E-state index < -0.39 is 29.4 Å². The van der Waals surface area contributed by atoms with Gasteiger partial charge in [0, 0.05) is 47.5 Å². The summed E-state index contributed by atoms with van der Waals surface area (Å²) in [6, 6.07) is 16.4. The van der Waals surface area contributed by atoms with Crippen molar-refractivity contribution in [2.24, 2.45) is 11.7 Å². The lowest BCUT2D eigenvalue weighted by Gasteiger charge is -2.33. The van der Waals surface area contributed by atoms with Crippen molar-refractivity contribution in [1.29, 1.82) is 0 Å². The number of aromatic nitrogens is 2. The van der Waals surface area contributed by atoms with Crippen molar-refractivity contribution < 1.29 is 27.2 Å². The number of hydrogen-bond acceptors (Lipinski definition) is 6. The van der Waals surface area contributed by atoms with Gasteiger partial charge in [0.15, 0.2) is 11.6 Å². The second-order valence-electron chi connectivity index (χ2n) is 11.6. The number of aryl methyl sites for hydroxylation is 2. The molecule has 1 aliphatic rings.